The van der Waals surface area contributed by atoms with E-state index in [1.807, 2.05) is 13.8 Å². The number of aliphatic imine (C=N–C) groups is 1. The van der Waals surface area contributed by atoms with Crippen LogP contribution in [0.5, 0.6) is 0 Å². The quantitative estimate of drug-likeness (QED) is 0.346. The highest BCUT2D eigenvalue weighted by Crippen LogP contribution is 2.01. The fraction of sp³-hybridized carbons (Fsp3) is 0.909. The Morgan fingerprint density at radius 2 is 1.79 bits per heavy atom. The summed E-state index contributed by atoms with van der Waals surface area (Å²) in [6.45, 7) is 9.12. The van der Waals surface area contributed by atoms with Crippen molar-refractivity contribution in [3.05, 3.63) is 0 Å². The molecule has 116 valence electrons. The summed E-state index contributed by atoms with van der Waals surface area (Å²) >= 11 is 0. The van der Waals surface area contributed by atoms with Crippen LogP contribution < -0.4 is 15.4 Å². The van der Waals surface area contributed by atoms with E-state index in [2.05, 4.69) is 34.2 Å². The van der Waals surface area contributed by atoms with E-state index in [9.17, 15) is 8.42 Å². The predicted molar refractivity (Wildman–Crippen MR) is 91.7 cm³/mol. The van der Waals surface area contributed by atoms with E-state index in [0.717, 1.165) is 12.8 Å². The molecule has 3 N–H and O–H groups in total. The van der Waals surface area contributed by atoms with Crippen LogP contribution >= 0.6 is 24.0 Å². The van der Waals surface area contributed by atoms with Crippen molar-refractivity contribution in [1.29, 1.82) is 0 Å². The third-order valence-corrected chi connectivity index (χ3v) is 2.98. The molecule has 0 aliphatic carbocycles. The van der Waals surface area contributed by atoms with Gasteiger partial charge in [-0.3, -0.25) is 4.99 Å². The predicted octanol–water partition coefficient (Wildman–Crippen LogP) is 0.753. The van der Waals surface area contributed by atoms with Crippen molar-refractivity contribution in [1.82, 2.24) is 15.4 Å². The Balaban J connectivity index is 0. The van der Waals surface area contributed by atoms with Crippen molar-refractivity contribution in [3.63, 3.8) is 0 Å². The zero-order chi connectivity index (χ0) is 14.4. The third-order valence-electron chi connectivity index (χ3n) is 2.06. The first kappa shape index (κ1) is 21.2. The number of hydrogen-bond acceptors (Lipinski definition) is 3. The first-order chi connectivity index (χ1) is 8.06. The number of nitrogens with one attached hydrogen (secondary N) is 3. The van der Waals surface area contributed by atoms with E-state index in [1.165, 1.54) is 0 Å². The van der Waals surface area contributed by atoms with Crippen molar-refractivity contribution in [2.75, 3.05) is 26.4 Å². The molecular weight excluding hydrogens is 379 g/mol. The minimum Gasteiger partial charge on any atom is -0.356 e. The van der Waals surface area contributed by atoms with Gasteiger partial charge in [0.05, 0.1) is 6.26 Å². The lowest BCUT2D eigenvalue weighted by Gasteiger charge is -2.26. The van der Waals surface area contributed by atoms with Gasteiger partial charge < -0.3 is 10.6 Å². The fourth-order valence-electron chi connectivity index (χ4n) is 1.36. The maximum Gasteiger partial charge on any atom is 0.209 e. The second-order valence-electron chi connectivity index (χ2n) is 5.46. The van der Waals surface area contributed by atoms with Gasteiger partial charge in [0.25, 0.3) is 0 Å². The van der Waals surface area contributed by atoms with E-state index in [-0.39, 0.29) is 24.0 Å². The van der Waals surface area contributed by atoms with Crippen molar-refractivity contribution >= 4 is 40.0 Å². The average Bonchev–Trinajstić information content (AvgIpc) is 2.13. The molecular formula is C11H27IN4O2S. The average molecular weight is 406 g/mol. The summed E-state index contributed by atoms with van der Waals surface area (Å²) in [7, 11) is -1.53. The summed E-state index contributed by atoms with van der Waals surface area (Å²) in [5.41, 5.74) is -0.566. The normalized spacial score (nSPS) is 13.1. The lowest BCUT2D eigenvalue weighted by Crippen LogP contribution is -2.53. The highest BCUT2D eigenvalue weighted by Gasteiger charge is 2.22. The van der Waals surface area contributed by atoms with Crippen LogP contribution in [-0.4, -0.2) is 46.3 Å². The summed E-state index contributed by atoms with van der Waals surface area (Å²) < 4.78 is 24.9. The number of rotatable bonds is 6. The molecule has 0 spiro atoms. The molecule has 0 aromatic heterocycles. The number of guanidine groups is 1. The molecule has 0 fully saturated rings. The van der Waals surface area contributed by atoms with Gasteiger partial charge in [0, 0.05) is 25.7 Å². The zero-order valence-electron chi connectivity index (χ0n) is 12.6. The second kappa shape index (κ2) is 8.96. The lowest BCUT2D eigenvalue weighted by atomic mass is 10.1. The smallest absolute Gasteiger partial charge is 0.209 e. The summed E-state index contributed by atoms with van der Waals surface area (Å²) in [4.78, 5) is 4.08. The Bertz CT molecular complexity index is 380. The molecule has 19 heavy (non-hydrogen) atoms. The van der Waals surface area contributed by atoms with Gasteiger partial charge in [0.1, 0.15) is 0 Å². The highest BCUT2D eigenvalue weighted by atomic mass is 127. The van der Waals surface area contributed by atoms with Gasteiger partial charge in [-0.05, 0) is 19.8 Å². The Morgan fingerprint density at radius 3 is 2.16 bits per heavy atom. The monoisotopic (exact) mass is 406 g/mol. The minimum absolute atomic E-state index is 0. The molecule has 0 radical (unpaired) electrons. The van der Waals surface area contributed by atoms with Crippen LogP contribution in [0.4, 0.5) is 0 Å². The molecule has 0 aromatic carbocycles. The number of nitrogens with zero attached hydrogens (tertiary/aromatic N) is 1. The summed E-state index contributed by atoms with van der Waals surface area (Å²) in [5, 5.41) is 6.27. The maximum absolute atomic E-state index is 11.2. The molecule has 0 aliphatic rings. The van der Waals surface area contributed by atoms with E-state index < -0.39 is 15.6 Å². The summed E-state index contributed by atoms with van der Waals surface area (Å²) in [5.74, 6) is 1.19. The third kappa shape index (κ3) is 12.7. The van der Waals surface area contributed by atoms with E-state index >= 15 is 0 Å². The first-order valence-electron chi connectivity index (χ1n) is 5.99. The van der Waals surface area contributed by atoms with Gasteiger partial charge in [0.15, 0.2) is 5.96 Å². The van der Waals surface area contributed by atoms with Gasteiger partial charge in [-0.1, -0.05) is 13.8 Å². The molecule has 0 amide bonds. The van der Waals surface area contributed by atoms with Crippen LogP contribution in [0.25, 0.3) is 0 Å². The van der Waals surface area contributed by atoms with E-state index in [4.69, 9.17) is 0 Å². The van der Waals surface area contributed by atoms with Crippen LogP contribution in [0.1, 0.15) is 27.7 Å². The molecule has 0 atom stereocenters. The minimum atomic E-state index is -3.21. The molecule has 0 rings (SSSR count). The summed E-state index contributed by atoms with van der Waals surface area (Å²) in [6, 6.07) is 0. The first-order valence-corrected chi connectivity index (χ1v) is 7.88. The Hall–Kier alpha value is -0.0900. The SMILES string of the molecule is CN=C(NCC(C)C)NCC(C)(C)NS(C)(=O)=O.I. The summed E-state index contributed by atoms with van der Waals surface area (Å²) in [6.07, 6.45) is 1.15. The topological polar surface area (TPSA) is 82.6 Å². The van der Waals surface area contributed by atoms with Gasteiger partial charge >= 0.3 is 0 Å². The van der Waals surface area contributed by atoms with Crippen LogP contribution in [-0.2, 0) is 10.0 Å². The lowest BCUT2D eigenvalue weighted by molar-refractivity contribution is 0.445. The van der Waals surface area contributed by atoms with Crippen LogP contribution in [0, 0.1) is 5.92 Å². The van der Waals surface area contributed by atoms with Crippen LogP contribution in [0.2, 0.25) is 0 Å². The number of hydrogen-bond donors (Lipinski definition) is 3. The maximum atomic E-state index is 11.2. The molecule has 8 heteroatoms. The number of sulfonamides is 1. The standard InChI is InChI=1S/C11H26N4O2S.HI/c1-9(2)7-13-10(12-5)14-8-11(3,4)15-18(6,16)17;/h9,15H,7-8H2,1-6H3,(H2,12,13,14);1H. The molecule has 0 bridgehead atoms. The second-order valence-corrected chi connectivity index (χ2v) is 7.21. The molecule has 0 unspecified atom stereocenters. The molecule has 6 nitrogen and oxygen atoms in total. The molecule has 0 saturated carbocycles. The largest absolute Gasteiger partial charge is 0.356 e. The molecule has 0 heterocycles. The molecule has 0 aliphatic heterocycles. The molecule has 0 saturated heterocycles. The Labute approximate surface area is 134 Å². The van der Waals surface area contributed by atoms with Gasteiger partial charge in [-0.2, -0.15) is 0 Å². The van der Waals surface area contributed by atoms with Crippen molar-refractivity contribution in [2.24, 2.45) is 10.9 Å². The van der Waals surface area contributed by atoms with Crippen LogP contribution in [0.15, 0.2) is 4.99 Å². The van der Waals surface area contributed by atoms with Crippen molar-refractivity contribution < 1.29 is 8.42 Å². The van der Waals surface area contributed by atoms with Crippen molar-refractivity contribution in [3.8, 4) is 0 Å². The van der Waals surface area contributed by atoms with Gasteiger partial charge in [-0.15, -0.1) is 24.0 Å². The Kier molecular flexibility index (Phi) is 10.0. The van der Waals surface area contributed by atoms with Crippen LogP contribution in [0.3, 0.4) is 0 Å². The zero-order valence-corrected chi connectivity index (χ0v) is 15.7. The van der Waals surface area contributed by atoms with Gasteiger partial charge in [-0.25, -0.2) is 13.1 Å². The number of halogens is 1. The highest BCUT2D eigenvalue weighted by molar-refractivity contribution is 14.0. The van der Waals surface area contributed by atoms with E-state index in [1.54, 1.807) is 7.05 Å². The Morgan fingerprint density at radius 1 is 1.26 bits per heavy atom. The molecule has 0 aromatic rings. The fourth-order valence-corrected chi connectivity index (χ4v) is 2.44. The van der Waals surface area contributed by atoms with Gasteiger partial charge in [0.2, 0.25) is 10.0 Å². The van der Waals surface area contributed by atoms with Crippen molar-refractivity contribution in [2.45, 2.75) is 33.2 Å². The van der Waals surface area contributed by atoms with E-state index in [0.29, 0.717) is 18.4 Å².